The van der Waals surface area contributed by atoms with Crippen LogP contribution in [-0.2, 0) is 4.79 Å². The van der Waals surface area contributed by atoms with Crippen molar-refractivity contribution in [3.8, 4) is 0 Å². The summed E-state index contributed by atoms with van der Waals surface area (Å²) in [4.78, 5) is 13.6. The molecule has 2 fully saturated rings. The Kier molecular flexibility index (Phi) is 2.58. The molecular formula is C13H13ClFNO. The molecule has 0 saturated carbocycles. The number of hydrogen-bond acceptors (Lipinski definition) is 2. The molecule has 3 rings (SSSR count). The van der Waals surface area contributed by atoms with Gasteiger partial charge in [-0.15, -0.1) is 0 Å². The third-order valence-corrected chi connectivity index (χ3v) is 3.97. The molecule has 1 aromatic rings. The Morgan fingerprint density at radius 3 is 2.53 bits per heavy atom. The number of hydrogen-bond donors (Lipinski definition) is 0. The highest BCUT2D eigenvalue weighted by Gasteiger charge is 2.41. The Labute approximate surface area is 104 Å². The maximum atomic E-state index is 13.8. The van der Waals surface area contributed by atoms with Crippen LogP contribution < -0.4 is 4.90 Å². The summed E-state index contributed by atoms with van der Waals surface area (Å²) in [6.45, 7) is 0. The van der Waals surface area contributed by atoms with Crippen LogP contribution in [0.4, 0.5) is 10.1 Å². The SMILES string of the molecule is O=C1CC2CCC(C1)N2c1cc(Cl)ccc1F. The van der Waals surface area contributed by atoms with Crippen molar-refractivity contribution in [1.29, 1.82) is 0 Å². The lowest BCUT2D eigenvalue weighted by molar-refractivity contribution is -0.120. The number of anilines is 1. The number of carbonyl (C=O) groups excluding carboxylic acids is 1. The van der Waals surface area contributed by atoms with Gasteiger partial charge in [0.1, 0.15) is 11.6 Å². The predicted molar refractivity (Wildman–Crippen MR) is 64.9 cm³/mol. The molecule has 2 aliphatic rings. The molecule has 2 aliphatic heterocycles. The van der Waals surface area contributed by atoms with Crippen LogP contribution in [0.5, 0.6) is 0 Å². The smallest absolute Gasteiger partial charge is 0.146 e. The number of benzene rings is 1. The number of nitrogens with zero attached hydrogens (tertiary/aromatic N) is 1. The Morgan fingerprint density at radius 2 is 1.88 bits per heavy atom. The number of piperidine rings is 1. The molecule has 2 atom stereocenters. The van der Waals surface area contributed by atoms with Gasteiger partial charge in [-0.25, -0.2) is 4.39 Å². The van der Waals surface area contributed by atoms with Gasteiger partial charge in [-0.2, -0.15) is 0 Å². The molecule has 2 nitrogen and oxygen atoms in total. The van der Waals surface area contributed by atoms with Crippen LogP contribution >= 0.6 is 11.6 Å². The first-order chi connectivity index (χ1) is 8.15. The number of rotatable bonds is 1. The van der Waals surface area contributed by atoms with E-state index < -0.39 is 0 Å². The molecule has 4 heteroatoms. The van der Waals surface area contributed by atoms with Gasteiger partial charge in [0.2, 0.25) is 0 Å². The third kappa shape index (κ3) is 1.82. The molecule has 1 aromatic carbocycles. The molecule has 0 aromatic heterocycles. The molecule has 0 N–H and O–H groups in total. The monoisotopic (exact) mass is 253 g/mol. The first-order valence-electron chi connectivity index (χ1n) is 5.90. The lowest BCUT2D eigenvalue weighted by atomic mass is 10.0. The topological polar surface area (TPSA) is 20.3 Å². The van der Waals surface area contributed by atoms with Crippen molar-refractivity contribution < 1.29 is 9.18 Å². The minimum Gasteiger partial charge on any atom is -0.362 e. The normalized spacial score (nSPS) is 27.6. The highest BCUT2D eigenvalue weighted by atomic mass is 35.5. The average Bonchev–Trinajstić information content (AvgIpc) is 2.54. The van der Waals surface area contributed by atoms with E-state index in [0.29, 0.717) is 29.3 Å². The molecule has 0 spiro atoms. The van der Waals surface area contributed by atoms with Crippen LogP contribution in [0.15, 0.2) is 18.2 Å². The molecule has 0 radical (unpaired) electrons. The van der Waals surface area contributed by atoms with Gasteiger partial charge in [0, 0.05) is 29.9 Å². The first kappa shape index (κ1) is 11.0. The summed E-state index contributed by atoms with van der Waals surface area (Å²) in [5.74, 6) is 0.0526. The average molecular weight is 254 g/mol. The summed E-state index contributed by atoms with van der Waals surface area (Å²) < 4.78 is 13.8. The molecule has 17 heavy (non-hydrogen) atoms. The Bertz CT molecular complexity index is 460. The van der Waals surface area contributed by atoms with Gasteiger partial charge < -0.3 is 4.90 Å². The fraction of sp³-hybridized carbons (Fsp3) is 0.462. The van der Waals surface area contributed by atoms with Crippen molar-refractivity contribution in [3.63, 3.8) is 0 Å². The second-order valence-corrected chi connectivity index (χ2v) is 5.27. The van der Waals surface area contributed by atoms with Gasteiger partial charge in [-0.1, -0.05) is 11.6 Å². The molecule has 2 saturated heterocycles. The van der Waals surface area contributed by atoms with Crippen molar-refractivity contribution in [2.75, 3.05) is 4.90 Å². The van der Waals surface area contributed by atoms with E-state index in [2.05, 4.69) is 4.90 Å². The van der Waals surface area contributed by atoms with Gasteiger partial charge in [0.15, 0.2) is 0 Å². The number of Topliss-reactive ketones (excluding diaryl/α,β-unsaturated/α-hetero) is 1. The van der Waals surface area contributed by atoms with Gasteiger partial charge >= 0.3 is 0 Å². The second kappa shape index (κ2) is 3.98. The van der Waals surface area contributed by atoms with Crippen LogP contribution in [0, 0.1) is 5.82 Å². The van der Waals surface area contributed by atoms with E-state index in [1.807, 2.05) is 0 Å². The maximum Gasteiger partial charge on any atom is 0.146 e. The summed E-state index contributed by atoms with van der Waals surface area (Å²) in [6, 6.07) is 4.94. The summed E-state index contributed by atoms with van der Waals surface area (Å²) in [5.41, 5.74) is 0.553. The van der Waals surface area contributed by atoms with Crippen LogP contribution in [-0.4, -0.2) is 17.9 Å². The van der Waals surface area contributed by atoms with Crippen molar-refractivity contribution in [3.05, 3.63) is 29.0 Å². The zero-order valence-corrected chi connectivity index (χ0v) is 10.1. The van der Waals surface area contributed by atoms with Crippen molar-refractivity contribution in [2.24, 2.45) is 0 Å². The zero-order chi connectivity index (χ0) is 12.0. The molecule has 0 amide bonds. The van der Waals surface area contributed by atoms with E-state index >= 15 is 0 Å². The van der Waals surface area contributed by atoms with E-state index in [-0.39, 0.29) is 17.9 Å². The molecule has 0 aliphatic carbocycles. The first-order valence-corrected chi connectivity index (χ1v) is 6.28. The Hall–Kier alpha value is -1.09. The van der Waals surface area contributed by atoms with Gasteiger partial charge in [-0.05, 0) is 31.0 Å². The lowest BCUT2D eigenvalue weighted by Gasteiger charge is -2.36. The highest BCUT2D eigenvalue weighted by Crippen LogP contribution is 2.39. The van der Waals surface area contributed by atoms with Crippen molar-refractivity contribution >= 4 is 23.1 Å². The van der Waals surface area contributed by atoms with E-state index in [0.717, 1.165) is 12.8 Å². The van der Waals surface area contributed by atoms with Crippen molar-refractivity contribution in [2.45, 2.75) is 37.8 Å². The standard InChI is InChI=1S/C13H13ClFNO/c14-8-1-4-12(15)13(5-8)16-9-2-3-10(16)7-11(17)6-9/h1,4-5,9-10H,2-3,6-7H2. The highest BCUT2D eigenvalue weighted by molar-refractivity contribution is 6.30. The number of halogens is 2. The van der Waals surface area contributed by atoms with E-state index in [4.69, 9.17) is 11.6 Å². The van der Waals surface area contributed by atoms with E-state index in [9.17, 15) is 9.18 Å². The lowest BCUT2D eigenvalue weighted by Crippen LogP contribution is -2.43. The molecule has 2 bridgehead atoms. The van der Waals surface area contributed by atoms with Gasteiger partial charge in [0.25, 0.3) is 0 Å². The predicted octanol–water partition coefficient (Wildman–Crippen LogP) is 3.18. The van der Waals surface area contributed by atoms with Crippen LogP contribution in [0.1, 0.15) is 25.7 Å². The van der Waals surface area contributed by atoms with Gasteiger partial charge in [-0.3, -0.25) is 4.79 Å². The fourth-order valence-electron chi connectivity index (χ4n) is 3.05. The van der Waals surface area contributed by atoms with Crippen molar-refractivity contribution in [1.82, 2.24) is 0 Å². The Morgan fingerprint density at radius 1 is 1.24 bits per heavy atom. The van der Waals surface area contributed by atoms with Gasteiger partial charge in [0.05, 0.1) is 5.69 Å². The van der Waals surface area contributed by atoms with E-state index in [1.165, 1.54) is 6.07 Å². The van der Waals surface area contributed by atoms with Crippen LogP contribution in [0.3, 0.4) is 0 Å². The molecule has 2 heterocycles. The third-order valence-electron chi connectivity index (χ3n) is 3.73. The number of fused-ring (bicyclic) bond motifs is 2. The van der Waals surface area contributed by atoms with E-state index in [1.54, 1.807) is 12.1 Å². The molecule has 2 unspecified atom stereocenters. The van der Waals surface area contributed by atoms with Crippen LogP contribution in [0.25, 0.3) is 0 Å². The summed E-state index contributed by atoms with van der Waals surface area (Å²) >= 11 is 5.92. The minimum atomic E-state index is -0.249. The number of ketones is 1. The largest absolute Gasteiger partial charge is 0.362 e. The maximum absolute atomic E-state index is 13.8. The summed E-state index contributed by atoms with van der Waals surface area (Å²) in [6.07, 6.45) is 3.04. The second-order valence-electron chi connectivity index (χ2n) is 4.83. The quantitative estimate of drug-likeness (QED) is 0.766. The minimum absolute atomic E-state index is 0.161. The molecular weight excluding hydrogens is 241 g/mol. The fourth-order valence-corrected chi connectivity index (χ4v) is 3.21. The zero-order valence-electron chi connectivity index (χ0n) is 9.33. The summed E-state index contributed by atoms with van der Waals surface area (Å²) in [7, 11) is 0. The van der Waals surface area contributed by atoms with Crippen LogP contribution in [0.2, 0.25) is 5.02 Å². The molecule has 90 valence electrons. The number of carbonyl (C=O) groups is 1. The summed E-state index contributed by atoms with van der Waals surface area (Å²) in [5, 5.41) is 0.540. The Balaban J connectivity index is 1.99.